The van der Waals surface area contributed by atoms with Crippen molar-refractivity contribution >= 4 is 35.7 Å². The zero-order valence-electron chi connectivity index (χ0n) is 19.8. The molecule has 0 atom stereocenters. The van der Waals surface area contributed by atoms with Crippen molar-refractivity contribution in [2.24, 2.45) is 5.10 Å². The molecule has 3 aromatic rings. The Morgan fingerprint density at radius 3 is 2.22 bits per heavy atom. The summed E-state index contributed by atoms with van der Waals surface area (Å²) in [6.07, 6.45) is 1.70. The van der Waals surface area contributed by atoms with E-state index in [2.05, 4.69) is 30.3 Å². The molecule has 0 unspecified atom stereocenters. The van der Waals surface area contributed by atoms with Crippen LogP contribution in [0.4, 0.5) is 17.8 Å². The Morgan fingerprint density at radius 1 is 0.889 bits per heavy atom. The standard InChI is InChI=1S/C25H28ClN7O3/c26-22-7-2-1-5-20(22)18-36-21-6-3-4-19(16-21)17-27-31-23-28-24(32-8-12-34-13-9-32)30-25(29-23)33-10-14-35-15-11-33/h1-7,16-17H,8-15,18H2,(H,28,29,30,31)/b27-17+. The minimum Gasteiger partial charge on any atom is -0.489 e. The molecule has 11 heteroatoms. The first-order chi connectivity index (χ1) is 17.7. The lowest BCUT2D eigenvalue weighted by molar-refractivity contribution is 0.121. The van der Waals surface area contributed by atoms with Gasteiger partial charge in [-0.25, -0.2) is 5.43 Å². The van der Waals surface area contributed by atoms with E-state index in [4.69, 9.17) is 30.8 Å². The number of morpholine rings is 2. The summed E-state index contributed by atoms with van der Waals surface area (Å²) in [5.74, 6) is 2.34. The van der Waals surface area contributed by atoms with Crippen molar-refractivity contribution in [1.82, 2.24) is 15.0 Å². The summed E-state index contributed by atoms with van der Waals surface area (Å²) < 4.78 is 16.9. The molecule has 2 saturated heterocycles. The zero-order valence-corrected chi connectivity index (χ0v) is 20.6. The molecule has 0 saturated carbocycles. The number of ether oxygens (including phenoxy) is 3. The Kier molecular flexibility index (Phi) is 8.06. The lowest BCUT2D eigenvalue weighted by atomic mass is 10.2. The van der Waals surface area contributed by atoms with E-state index in [1.165, 1.54) is 0 Å². The number of halogens is 1. The van der Waals surface area contributed by atoms with Crippen LogP contribution in [0.2, 0.25) is 5.02 Å². The fraction of sp³-hybridized carbons (Fsp3) is 0.360. The summed E-state index contributed by atoms with van der Waals surface area (Å²) in [7, 11) is 0. The molecule has 0 amide bonds. The van der Waals surface area contributed by atoms with Gasteiger partial charge >= 0.3 is 0 Å². The molecule has 0 aliphatic carbocycles. The van der Waals surface area contributed by atoms with Gasteiger partial charge in [0.2, 0.25) is 17.8 Å². The van der Waals surface area contributed by atoms with E-state index >= 15 is 0 Å². The van der Waals surface area contributed by atoms with Gasteiger partial charge in [0.05, 0.1) is 32.6 Å². The number of hydrazone groups is 1. The summed E-state index contributed by atoms with van der Waals surface area (Å²) in [5, 5.41) is 5.05. The quantitative estimate of drug-likeness (QED) is 0.362. The van der Waals surface area contributed by atoms with Crippen molar-refractivity contribution in [3.63, 3.8) is 0 Å². The molecular weight excluding hydrogens is 482 g/mol. The van der Waals surface area contributed by atoms with Crippen LogP contribution < -0.4 is 20.0 Å². The zero-order chi connectivity index (χ0) is 24.6. The van der Waals surface area contributed by atoms with E-state index < -0.39 is 0 Å². The molecule has 1 N–H and O–H groups in total. The van der Waals surface area contributed by atoms with Crippen molar-refractivity contribution in [2.75, 3.05) is 67.8 Å². The second-order valence-corrected chi connectivity index (χ2v) is 8.69. The Hall–Kier alpha value is -3.47. The van der Waals surface area contributed by atoms with Crippen LogP contribution in [0.15, 0.2) is 53.6 Å². The third-order valence-corrected chi connectivity index (χ3v) is 6.16. The highest BCUT2D eigenvalue weighted by Gasteiger charge is 2.20. The van der Waals surface area contributed by atoms with E-state index in [-0.39, 0.29) is 0 Å². The molecule has 2 fully saturated rings. The summed E-state index contributed by atoms with van der Waals surface area (Å²) in [6, 6.07) is 15.3. The van der Waals surface area contributed by atoms with Gasteiger partial charge in [-0.05, 0) is 23.8 Å². The number of nitrogens with zero attached hydrogens (tertiary/aromatic N) is 6. The normalized spacial score (nSPS) is 16.4. The fourth-order valence-corrected chi connectivity index (χ4v) is 4.03. The van der Waals surface area contributed by atoms with Crippen LogP contribution in [0.5, 0.6) is 5.75 Å². The van der Waals surface area contributed by atoms with Crippen molar-refractivity contribution in [2.45, 2.75) is 6.61 Å². The third-order valence-electron chi connectivity index (χ3n) is 5.79. The van der Waals surface area contributed by atoms with E-state index in [0.29, 0.717) is 55.9 Å². The first-order valence-corrected chi connectivity index (χ1v) is 12.3. The summed E-state index contributed by atoms with van der Waals surface area (Å²) in [6.45, 7) is 5.91. The van der Waals surface area contributed by atoms with Crippen molar-refractivity contribution < 1.29 is 14.2 Å². The maximum absolute atomic E-state index is 6.23. The van der Waals surface area contributed by atoms with Crippen LogP contribution in [0, 0.1) is 0 Å². The monoisotopic (exact) mass is 509 g/mol. The van der Waals surface area contributed by atoms with E-state index in [9.17, 15) is 0 Å². The molecule has 0 bridgehead atoms. The highest BCUT2D eigenvalue weighted by atomic mass is 35.5. The number of anilines is 3. The van der Waals surface area contributed by atoms with Crippen LogP contribution in [-0.2, 0) is 16.1 Å². The molecule has 5 rings (SSSR count). The minimum atomic E-state index is 0.385. The molecule has 188 valence electrons. The maximum atomic E-state index is 6.23. The smallest absolute Gasteiger partial charge is 0.250 e. The van der Waals surface area contributed by atoms with Gasteiger partial charge in [0.25, 0.3) is 0 Å². The predicted molar refractivity (Wildman–Crippen MR) is 139 cm³/mol. The van der Waals surface area contributed by atoms with Crippen LogP contribution in [-0.4, -0.2) is 73.8 Å². The summed E-state index contributed by atoms with van der Waals surface area (Å²) in [4.78, 5) is 18.1. The van der Waals surface area contributed by atoms with Gasteiger partial charge in [0.1, 0.15) is 12.4 Å². The van der Waals surface area contributed by atoms with Gasteiger partial charge in [0.15, 0.2) is 0 Å². The molecule has 3 heterocycles. The summed E-state index contributed by atoms with van der Waals surface area (Å²) >= 11 is 6.23. The molecule has 36 heavy (non-hydrogen) atoms. The highest BCUT2D eigenvalue weighted by Crippen LogP contribution is 2.20. The topological polar surface area (TPSA) is 97.2 Å². The second-order valence-electron chi connectivity index (χ2n) is 8.28. The average molecular weight is 510 g/mol. The molecule has 0 radical (unpaired) electrons. The number of aromatic nitrogens is 3. The van der Waals surface area contributed by atoms with Gasteiger partial charge in [-0.15, -0.1) is 0 Å². The van der Waals surface area contributed by atoms with Crippen molar-refractivity contribution in [3.8, 4) is 5.75 Å². The summed E-state index contributed by atoms with van der Waals surface area (Å²) in [5.41, 5.74) is 4.77. The van der Waals surface area contributed by atoms with Crippen LogP contribution in [0.3, 0.4) is 0 Å². The Labute approximate surface area is 214 Å². The van der Waals surface area contributed by atoms with Crippen molar-refractivity contribution in [3.05, 3.63) is 64.7 Å². The molecular formula is C25H28ClN7O3. The maximum Gasteiger partial charge on any atom is 0.250 e. The van der Waals surface area contributed by atoms with E-state index in [0.717, 1.165) is 43.1 Å². The predicted octanol–water partition coefficient (Wildman–Crippen LogP) is 3.22. The Morgan fingerprint density at radius 2 is 1.56 bits per heavy atom. The lowest BCUT2D eigenvalue weighted by Crippen LogP contribution is -2.40. The lowest BCUT2D eigenvalue weighted by Gasteiger charge is -2.30. The van der Waals surface area contributed by atoms with Gasteiger partial charge in [-0.2, -0.15) is 20.1 Å². The van der Waals surface area contributed by atoms with Crippen LogP contribution in [0.1, 0.15) is 11.1 Å². The first kappa shape index (κ1) is 24.2. The molecule has 2 aliphatic heterocycles. The van der Waals surface area contributed by atoms with E-state index in [1.807, 2.05) is 48.5 Å². The molecule has 1 aromatic heterocycles. The Balaban J connectivity index is 1.27. The largest absolute Gasteiger partial charge is 0.489 e. The molecule has 2 aromatic carbocycles. The molecule has 0 spiro atoms. The van der Waals surface area contributed by atoms with Gasteiger partial charge in [-0.1, -0.05) is 41.9 Å². The van der Waals surface area contributed by atoms with Crippen LogP contribution >= 0.6 is 11.6 Å². The Bertz CT molecular complexity index is 1150. The second kappa shape index (κ2) is 12.0. The number of benzene rings is 2. The minimum absolute atomic E-state index is 0.385. The number of nitrogens with one attached hydrogen (secondary N) is 1. The van der Waals surface area contributed by atoms with E-state index in [1.54, 1.807) is 6.21 Å². The molecule has 2 aliphatic rings. The van der Waals surface area contributed by atoms with Crippen molar-refractivity contribution in [1.29, 1.82) is 0 Å². The molecule has 10 nitrogen and oxygen atoms in total. The number of hydrogen-bond donors (Lipinski definition) is 1. The first-order valence-electron chi connectivity index (χ1n) is 11.9. The van der Waals surface area contributed by atoms with Gasteiger partial charge in [-0.3, -0.25) is 0 Å². The number of hydrogen-bond acceptors (Lipinski definition) is 10. The third kappa shape index (κ3) is 6.39. The van der Waals surface area contributed by atoms with Gasteiger partial charge in [0, 0.05) is 36.8 Å². The van der Waals surface area contributed by atoms with Gasteiger partial charge < -0.3 is 24.0 Å². The van der Waals surface area contributed by atoms with Crippen LogP contribution in [0.25, 0.3) is 0 Å². The fourth-order valence-electron chi connectivity index (χ4n) is 3.84. The number of rotatable bonds is 8. The average Bonchev–Trinajstić information content (AvgIpc) is 2.94. The SMILES string of the molecule is Clc1ccccc1COc1cccc(/C=N/Nc2nc(N3CCOCC3)nc(N3CCOCC3)n2)c1. The highest BCUT2D eigenvalue weighted by molar-refractivity contribution is 6.31.